The molecule has 0 amide bonds. The molecule has 0 aliphatic heterocycles. The Bertz CT molecular complexity index is 386. The second-order valence-corrected chi connectivity index (χ2v) is 5.39. The molecule has 1 saturated carbocycles. The summed E-state index contributed by atoms with van der Waals surface area (Å²) in [6.07, 6.45) is 6.61. The smallest absolute Gasteiger partial charge is 0.307 e. The molecule has 1 N–H and O–H groups in total. The first kappa shape index (κ1) is 12.2. The van der Waals surface area contributed by atoms with Crippen LogP contribution in [0, 0.1) is 0 Å². The minimum absolute atomic E-state index is 0.122. The van der Waals surface area contributed by atoms with E-state index in [-0.39, 0.29) is 6.42 Å². The molecular weight excluding hydrogens is 212 g/mol. The lowest BCUT2D eigenvalue weighted by Crippen LogP contribution is -2.24. The van der Waals surface area contributed by atoms with Gasteiger partial charge in [-0.05, 0) is 29.4 Å². The average Bonchev–Trinajstić information content (AvgIpc) is 2.30. The Balaban J connectivity index is 2.13. The van der Waals surface area contributed by atoms with Crippen LogP contribution in [-0.4, -0.2) is 11.1 Å². The normalized spacial score (nSPS) is 18.9. The van der Waals surface area contributed by atoms with Crippen molar-refractivity contribution in [1.82, 2.24) is 0 Å². The fraction of sp³-hybridized carbons (Fsp3) is 0.533. The third kappa shape index (κ3) is 2.87. The van der Waals surface area contributed by atoms with Gasteiger partial charge < -0.3 is 5.11 Å². The molecule has 0 heterocycles. The van der Waals surface area contributed by atoms with Crippen LogP contribution in [0.3, 0.4) is 0 Å². The Morgan fingerprint density at radius 1 is 1.18 bits per heavy atom. The van der Waals surface area contributed by atoms with Crippen LogP contribution in [0.2, 0.25) is 0 Å². The van der Waals surface area contributed by atoms with Crippen LogP contribution >= 0.6 is 0 Å². The molecule has 0 radical (unpaired) electrons. The number of rotatable bonds is 3. The van der Waals surface area contributed by atoms with Crippen LogP contribution in [0.15, 0.2) is 24.3 Å². The molecule has 0 saturated heterocycles. The highest BCUT2D eigenvalue weighted by atomic mass is 16.4. The van der Waals surface area contributed by atoms with Crippen molar-refractivity contribution in [2.75, 3.05) is 0 Å². The van der Waals surface area contributed by atoms with Crippen molar-refractivity contribution in [3.8, 4) is 0 Å². The second-order valence-electron chi connectivity index (χ2n) is 5.39. The first-order valence-electron chi connectivity index (χ1n) is 6.41. The molecule has 0 spiro atoms. The maximum absolute atomic E-state index is 10.6. The zero-order chi connectivity index (χ0) is 12.3. The Labute approximate surface area is 103 Å². The highest BCUT2D eigenvalue weighted by Gasteiger charge is 2.28. The number of aliphatic carboxylic acids is 1. The van der Waals surface area contributed by atoms with Gasteiger partial charge in [0.1, 0.15) is 0 Å². The van der Waals surface area contributed by atoms with Gasteiger partial charge in [0.05, 0.1) is 6.42 Å². The number of benzene rings is 1. The monoisotopic (exact) mass is 232 g/mol. The number of carboxylic acids is 1. The zero-order valence-corrected chi connectivity index (χ0v) is 10.4. The topological polar surface area (TPSA) is 37.3 Å². The molecule has 17 heavy (non-hydrogen) atoms. The summed E-state index contributed by atoms with van der Waals surface area (Å²) < 4.78 is 0. The molecule has 1 aliphatic rings. The largest absolute Gasteiger partial charge is 0.481 e. The molecule has 2 rings (SSSR count). The summed E-state index contributed by atoms with van der Waals surface area (Å²) in [4.78, 5) is 10.6. The van der Waals surface area contributed by atoms with E-state index in [1.54, 1.807) is 0 Å². The summed E-state index contributed by atoms with van der Waals surface area (Å²) in [5.41, 5.74) is 2.56. The van der Waals surface area contributed by atoms with Crippen molar-refractivity contribution in [3.63, 3.8) is 0 Å². The average molecular weight is 232 g/mol. The Morgan fingerprint density at radius 3 is 2.29 bits per heavy atom. The van der Waals surface area contributed by atoms with Gasteiger partial charge in [0.15, 0.2) is 0 Å². The quantitative estimate of drug-likeness (QED) is 0.865. The maximum Gasteiger partial charge on any atom is 0.307 e. The molecule has 1 aromatic carbocycles. The van der Waals surface area contributed by atoms with E-state index in [2.05, 4.69) is 19.1 Å². The first-order valence-corrected chi connectivity index (χ1v) is 6.41. The Morgan fingerprint density at radius 2 is 1.76 bits per heavy atom. The lowest BCUT2D eigenvalue weighted by Gasteiger charge is -2.34. The second kappa shape index (κ2) is 4.91. The molecule has 1 aromatic rings. The van der Waals surface area contributed by atoms with Crippen LogP contribution in [0.25, 0.3) is 0 Å². The third-order valence-corrected chi connectivity index (χ3v) is 3.96. The minimum Gasteiger partial charge on any atom is -0.481 e. The Kier molecular flexibility index (Phi) is 3.51. The fourth-order valence-corrected chi connectivity index (χ4v) is 2.82. The predicted octanol–water partition coefficient (Wildman–Crippen LogP) is 3.54. The predicted molar refractivity (Wildman–Crippen MR) is 68.2 cm³/mol. The van der Waals surface area contributed by atoms with E-state index in [1.807, 2.05) is 12.1 Å². The molecule has 1 fully saturated rings. The highest BCUT2D eigenvalue weighted by Crippen LogP contribution is 2.38. The van der Waals surface area contributed by atoms with Crippen molar-refractivity contribution < 1.29 is 9.90 Å². The van der Waals surface area contributed by atoms with Crippen molar-refractivity contribution >= 4 is 5.97 Å². The van der Waals surface area contributed by atoms with Gasteiger partial charge in [-0.25, -0.2) is 0 Å². The molecular formula is C15H20O2. The summed E-state index contributed by atoms with van der Waals surface area (Å²) >= 11 is 0. The minimum atomic E-state index is -0.762. The van der Waals surface area contributed by atoms with Gasteiger partial charge in [-0.1, -0.05) is 50.5 Å². The zero-order valence-electron chi connectivity index (χ0n) is 10.4. The van der Waals surface area contributed by atoms with Gasteiger partial charge >= 0.3 is 5.97 Å². The van der Waals surface area contributed by atoms with Gasteiger partial charge in [0.25, 0.3) is 0 Å². The summed E-state index contributed by atoms with van der Waals surface area (Å²) in [7, 11) is 0. The molecule has 0 unspecified atom stereocenters. The van der Waals surface area contributed by atoms with Crippen molar-refractivity contribution in [3.05, 3.63) is 35.4 Å². The van der Waals surface area contributed by atoms with E-state index in [4.69, 9.17) is 5.11 Å². The molecule has 1 aliphatic carbocycles. The fourth-order valence-electron chi connectivity index (χ4n) is 2.82. The lowest BCUT2D eigenvalue weighted by atomic mass is 9.71. The van der Waals surface area contributed by atoms with Crippen LogP contribution < -0.4 is 0 Å². The molecule has 0 atom stereocenters. The number of hydrogen-bond donors (Lipinski definition) is 1. The highest BCUT2D eigenvalue weighted by molar-refractivity contribution is 5.70. The SMILES string of the molecule is CC1(c2ccc(CC(=O)O)cc2)CCCCC1. The van der Waals surface area contributed by atoms with Gasteiger partial charge in [-0.2, -0.15) is 0 Å². The third-order valence-electron chi connectivity index (χ3n) is 3.96. The van der Waals surface area contributed by atoms with Gasteiger partial charge in [0.2, 0.25) is 0 Å². The van der Waals surface area contributed by atoms with E-state index in [0.29, 0.717) is 5.41 Å². The van der Waals surface area contributed by atoms with Gasteiger partial charge in [-0.3, -0.25) is 4.79 Å². The summed E-state index contributed by atoms with van der Waals surface area (Å²) in [5, 5.41) is 8.74. The van der Waals surface area contributed by atoms with Crippen LogP contribution in [-0.2, 0) is 16.6 Å². The van der Waals surface area contributed by atoms with E-state index in [0.717, 1.165) is 5.56 Å². The van der Waals surface area contributed by atoms with E-state index < -0.39 is 5.97 Å². The number of carbonyl (C=O) groups is 1. The number of hydrogen-bond acceptors (Lipinski definition) is 1. The van der Waals surface area contributed by atoms with Crippen molar-refractivity contribution in [1.29, 1.82) is 0 Å². The number of carboxylic acid groups (broad SMARTS) is 1. The summed E-state index contributed by atoms with van der Waals surface area (Å²) in [6, 6.07) is 8.15. The molecule has 0 aromatic heterocycles. The molecule has 2 nitrogen and oxygen atoms in total. The summed E-state index contributed by atoms with van der Waals surface area (Å²) in [5.74, 6) is -0.762. The molecule has 92 valence electrons. The molecule has 0 bridgehead atoms. The van der Waals surface area contributed by atoms with Crippen LogP contribution in [0.4, 0.5) is 0 Å². The van der Waals surface area contributed by atoms with Gasteiger partial charge in [-0.15, -0.1) is 0 Å². The molecule has 2 heteroatoms. The van der Waals surface area contributed by atoms with Crippen molar-refractivity contribution in [2.24, 2.45) is 0 Å². The van der Waals surface area contributed by atoms with E-state index >= 15 is 0 Å². The van der Waals surface area contributed by atoms with E-state index in [1.165, 1.54) is 37.7 Å². The maximum atomic E-state index is 10.6. The van der Waals surface area contributed by atoms with Crippen LogP contribution in [0.1, 0.15) is 50.2 Å². The van der Waals surface area contributed by atoms with Crippen LogP contribution in [0.5, 0.6) is 0 Å². The van der Waals surface area contributed by atoms with Gasteiger partial charge in [0, 0.05) is 0 Å². The van der Waals surface area contributed by atoms with Crippen molar-refractivity contribution in [2.45, 2.75) is 50.9 Å². The standard InChI is InChI=1S/C15H20O2/c1-15(9-3-2-4-10-15)13-7-5-12(6-8-13)11-14(16)17/h5-8H,2-4,9-11H2,1H3,(H,16,17). The first-order chi connectivity index (χ1) is 8.10. The summed E-state index contributed by atoms with van der Waals surface area (Å²) in [6.45, 7) is 2.33. The van der Waals surface area contributed by atoms with E-state index in [9.17, 15) is 4.79 Å². The Hall–Kier alpha value is -1.31. The lowest BCUT2D eigenvalue weighted by molar-refractivity contribution is -0.136.